The van der Waals surface area contributed by atoms with Crippen molar-refractivity contribution >= 4 is 17.6 Å². The van der Waals surface area contributed by atoms with Crippen molar-refractivity contribution < 1.29 is 9.59 Å². The third-order valence-electron chi connectivity index (χ3n) is 6.31. The molecule has 1 unspecified atom stereocenters. The molecule has 0 N–H and O–H groups in total. The van der Waals surface area contributed by atoms with E-state index < -0.39 is 0 Å². The maximum atomic E-state index is 13.0. The van der Waals surface area contributed by atoms with Gasteiger partial charge in [0.15, 0.2) is 0 Å². The lowest BCUT2D eigenvalue weighted by atomic mass is 9.97. The van der Waals surface area contributed by atoms with Crippen LogP contribution in [0.4, 0.5) is 5.82 Å². The Morgan fingerprint density at radius 2 is 1.81 bits per heavy atom. The second-order valence-electron chi connectivity index (χ2n) is 9.21. The molecule has 2 saturated heterocycles. The van der Waals surface area contributed by atoms with Crippen molar-refractivity contribution in [3.63, 3.8) is 0 Å². The predicted octanol–water partition coefficient (Wildman–Crippen LogP) is 1.58. The number of carbonyl (C=O) groups excluding carboxylic acids is 2. The van der Waals surface area contributed by atoms with Gasteiger partial charge in [-0.05, 0) is 5.56 Å². The highest BCUT2D eigenvalue weighted by atomic mass is 16.2. The van der Waals surface area contributed by atoms with Crippen LogP contribution in [0.3, 0.4) is 0 Å². The average molecular weight is 437 g/mol. The van der Waals surface area contributed by atoms with Crippen LogP contribution in [0.5, 0.6) is 0 Å². The molecule has 1 atom stereocenters. The first-order valence-electron chi connectivity index (χ1n) is 11.1. The fraction of sp³-hybridized carbons (Fsp3) is 0.500. The maximum absolute atomic E-state index is 13.0. The standard InChI is InChI=1S/C24H32N6O2/c1-27(2)22-11-20(18-10-23(31)28(3)13-18)25-21(26-22)16-29(4)24(32)19-14-30(15-19)12-17-8-6-5-7-9-17/h5-9,11,18-19H,10,12-16H2,1-4H3. The van der Waals surface area contributed by atoms with Gasteiger partial charge in [0.25, 0.3) is 0 Å². The number of hydrogen-bond acceptors (Lipinski definition) is 6. The summed E-state index contributed by atoms with van der Waals surface area (Å²) in [6, 6.07) is 12.3. The van der Waals surface area contributed by atoms with Crippen LogP contribution >= 0.6 is 0 Å². The molecule has 8 nitrogen and oxygen atoms in total. The summed E-state index contributed by atoms with van der Waals surface area (Å²) in [6.45, 7) is 3.45. The number of carbonyl (C=O) groups is 2. The Balaban J connectivity index is 1.38. The molecular formula is C24H32N6O2. The highest BCUT2D eigenvalue weighted by Gasteiger charge is 2.35. The SMILES string of the molecule is CN1CC(c2cc(N(C)C)nc(CN(C)C(=O)C3CN(Cc4ccccc4)C3)n2)CC1=O. The lowest BCUT2D eigenvalue weighted by Gasteiger charge is -2.39. The van der Waals surface area contributed by atoms with Gasteiger partial charge in [-0.15, -0.1) is 0 Å². The molecule has 170 valence electrons. The minimum absolute atomic E-state index is 0.0151. The molecule has 0 saturated carbocycles. The largest absolute Gasteiger partial charge is 0.363 e. The number of likely N-dealkylation sites (tertiary alicyclic amines) is 2. The van der Waals surface area contributed by atoms with Crippen molar-refractivity contribution in [3.05, 3.63) is 53.5 Å². The van der Waals surface area contributed by atoms with Crippen LogP contribution in [-0.4, -0.2) is 84.3 Å². The first-order chi connectivity index (χ1) is 15.3. The van der Waals surface area contributed by atoms with Crippen molar-refractivity contribution in [3.8, 4) is 0 Å². The summed E-state index contributed by atoms with van der Waals surface area (Å²) in [5.41, 5.74) is 2.14. The lowest BCUT2D eigenvalue weighted by Crippen LogP contribution is -2.53. The van der Waals surface area contributed by atoms with E-state index in [0.29, 0.717) is 25.3 Å². The van der Waals surface area contributed by atoms with E-state index in [1.807, 2.05) is 57.4 Å². The predicted molar refractivity (Wildman–Crippen MR) is 123 cm³/mol. The summed E-state index contributed by atoms with van der Waals surface area (Å²) in [6.07, 6.45) is 0.466. The minimum Gasteiger partial charge on any atom is -0.363 e. The highest BCUT2D eigenvalue weighted by molar-refractivity contribution is 5.80. The Morgan fingerprint density at radius 1 is 1.09 bits per heavy atom. The molecule has 0 aliphatic carbocycles. The number of likely N-dealkylation sites (N-methyl/N-ethyl adjacent to an activating group) is 1. The Hall–Kier alpha value is -3.00. The van der Waals surface area contributed by atoms with Gasteiger partial charge in [0, 0.05) is 72.8 Å². The summed E-state index contributed by atoms with van der Waals surface area (Å²) in [4.78, 5) is 42.1. The summed E-state index contributed by atoms with van der Waals surface area (Å²) in [7, 11) is 7.52. The van der Waals surface area contributed by atoms with E-state index in [4.69, 9.17) is 4.98 Å². The second-order valence-corrected chi connectivity index (χ2v) is 9.21. The molecule has 4 rings (SSSR count). The fourth-order valence-corrected chi connectivity index (χ4v) is 4.37. The maximum Gasteiger partial charge on any atom is 0.228 e. The van der Waals surface area contributed by atoms with Crippen LogP contribution < -0.4 is 4.90 Å². The zero-order valence-corrected chi connectivity index (χ0v) is 19.4. The number of rotatable bonds is 7. The molecule has 0 bridgehead atoms. The van der Waals surface area contributed by atoms with E-state index in [1.54, 1.807) is 9.80 Å². The molecule has 2 aromatic rings. The number of benzene rings is 1. The molecule has 2 amide bonds. The van der Waals surface area contributed by atoms with Gasteiger partial charge < -0.3 is 14.7 Å². The smallest absolute Gasteiger partial charge is 0.228 e. The molecule has 2 fully saturated rings. The van der Waals surface area contributed by atoms with E-state index in [0.717, 1.165) is 31.1 Å². The van der Waals surface area contributed by atoms with Crippen molar-refractivity contribution in [2.24, 2.45) is 5.92 Å². The summed E-state index contributed by atoms with van der Waals surface area (Å²) < 4.78 is 0. The van der Waals surface area contributed by atoms with Crippen molar-refractivity contribution in [2.75, 3.05) is 52.7 Å². The number of hydrogen-bond donors (Lipinski definition) is 0. The third-order valence-corrected chi connectivity index (χ3v) is 6.31. The zero-order valence-electron chi connectivity index (χ0n) is 19.4. The van der Waals surface area contributed by atoms with E-state index in [9.17, 15) is 9.59 Å². The van der Waals surface area contributed by atoms with Gasteiger partial charge in [-0.25, -0.2) is 9.97 Å². The molecular weight excluding hydrogens is 404 g/mol. The van der Waals surface area contributed by atoms with Gasteiger partial charge in [-0.2, -0.15) is 0 Å². The van der Waals surface area contributed by atoms with Crippen LogP contribution in [0.2, 0.25) is 0 Å². The number of amides is 2. The number of nitrogens with zero attached hydrogens (tertiary/aromatic N) is 6. The van der Waals surface area contributed by atoms with Gasteiger partial charge in [0.2, 0.25) is 11.8 Å². The molecule has 1 aromatic heterocycles. The molecule has 1 aromatic carbocycles. The molecule has 2 aliphatic rings. The highest BCUT2D eigenvalue weighted by Crippen LogP contribution is 2.28. The minimum atomic E-state index is 0.0151. The zero-order chi connectivity index (χ0) is 22.8. The molecule has 0 radical (unpaired) electrons. The Labute approximate surface area is 189 Å². The van der Waals surface area contributed by atoms with Crippen LogP contribution in [0.25, 0.3) is 0 Å². The van der Waals surface area contributed by atoms with Gasteiger partial charge in [-0.1, -0.05) is 30.3 Å². The molecule has 32 heavy (non-hydrogen) atoms. The van der Waals surface area contributed by atoms with Crippen molar-refractivity contribution in [1.82, 2.24) is 24.7 Å². The van der Waals surface area contributed by atoms with Gasteiger partial charge in [0.05, 0.1) is 18.2 Å². The monoisotopic (exact) mass is 436 g/mol. The Kier molecular flexibility index (Phi) is 6.41. The summed E-state index contributed by atoms with van der Waals surface area (Å²) >= 11 is 0. The van der Waals surface area contributed by atoms with Gasteiger partial charge in [-0.3, -0.25) is 14.5 Å². The van der Waals surface area contributed by atoms with Crippen LogP contribution in [0, 0.1) is 5.92 Å². The van der Waals surface area contributed by atoms with Crippen molar-refractivity contribution in [2.45, 2.75) is 25.4 Å². The number of anilines is 1. The van der Waals surface area contributed by atoms with Gasteiger partial charge in [0.1, 0.15) is 11.6 Å². The van der Waals surface area contributed by atoms with E-state index in [-0.39, 0.29) is 23.7 Å². The molecule has 3 heterocycles. The fourth-order valence-electron chi connectivity index (χ4n) is 4.37. The first kappa shape index (κ1) is 22.2. The number of aromatic nitrogens is 2. The van der Waals surface area contributed by atoms with Crippen LogP contribution in [0.15, 0.2) is 36.4 Å². The van der Waals surface area contributed by atoms with Gasteiger partial charge >= 0.3 is 0 Å². The molecule has 0 spiro atoms. The summed E-state index contributed by atoms with van der Waals surface area (Å²) in [5.74, 6) is 1.76. The second kappa shape index (κ2) is 9.24. The average Bonchev–Trinajstić information content (AvgIpc) is 3.09. The summed E-state index contributed by atoms with van der Waals surface area (Å²) in [5, 5.41) is 0. The van der Waals surface area contributed by atoms with E-state index in [1.165, 1.54) is 5.56 Å². The van der Waals surface area contributed by atoms with Crippen LogP contribution in [-0.2, 0) is 22.7 Å². The van der Waals surface area contributed by atoms with Crippen LogP contribution in [0.1, 0.15) is 29.4 Å². The molecule has 8 heteroatoms. The van der Waals surface area contributed by atoms with E-state index in [2.05, 4.69) is 22.0 Å². The third kappa shape index (κ3) is 4.91. The normalized spacial score (nSPS) is 19.2. The van der Waals surface area contributed by atoms with E-state index >= 15 is 0 Å². The Morgan fingerprint density at radius 3 is 2.44 bits per heavy atom. The lowest BCUT2D eigenvalue weighted by molar-refractivity contribution is -0.140. The van der Waals surface area contributed by atoms with Crippen molar-refractivity contribution in [1.29, 1.82) is 0 Å². The Bertz CT molecular complexity index is 974. The first-order valence-corrected chi connectivity index (χ1v) is 11.1. The molecule has 2 aliphatic heterocycles. The topological polar surface area (TPSA) is 72.9 Å². The quantitative estimate of drug-likeness (QED) is 0.656.